The molecule has 2 rings (SSSR count). The van der Waals surface area contributed by atoms with Gasteiger partial charge in [0.2, 0.25) is 0 Å². The van der Waals surface area contributed by atoms with Crippen LogP contribution in [0.2, 0.25) is 0 Å². The molecule has 0 aliphatic carbocycles. The summed E-state index contributed by atoms with van der Waals surface area (Å²) >= 11 is 0. The molecule has 4 heteroatoms. The van der Waals surface area contributed by atoms with E-state index in [4.69, 9.17) is 4.74 Å². The van der Waals surface area contributed by atoms with Gasteiger partial charge in [0, 0.05) is 13.1 Å². The van der Waals surface area contributed by atoms with Crippen molar-refractivity contribution in [3.8, 4) is 5.75 Å². The first kappa shape index (κ1) is 9.02. The molecule has 74 valence electrons. The number of nitrogens with one attached hydrogen (secondary N) is 1. The molecule has 0 bridgehead atoms. The zero-order valence-electron chi connectivity index (χ0n) is 7.77. The highest BCUT2D eigenvalue weighted by atomic mass is 16.5. The van der Waals surface area contributed by atoms with E-state index in [0.29, 0.717) is 12.2 Å². The average molecular weight is 192 g/mol. The summed E-state index contributed by atoms with van der Waals surface area (Å²) in [6.45, 7) is 2.48. The Kier molecular flexibility index (Phi) is 2.65. The summed E-state index contributed by atoms with van der Waals surface area (Å²) < 4.78 is 4.70. The molecule has 14 heavy (non-hydrogen) atoms. The molecule has 1 heterocycles. The molecule has 0 saturated carbocycles. The lowest BCUT2D eigenvalue weighted by molar-refractivity contribution is -0.120. The molecule has 1 fully saturated rings. The molecule has 0 amide bonds. The Balaban J connectivity index is 2.08. The topological polar surface area (TPSA) is 41.6 Å². The van der Waals surface area contributed by atoms with E-state index in [2.05, 4.69) is 10.4 Å². The van der Waals surface area contributed by atoms with Crippen LogP contribution in [-0.2, 0) is 4.79 Å². The lowest BCUT2D eigenvalue weighted by atomic mass is 10.3. The number of hydrogen-bond acceptors (Lipinski definition) is 4. The summed E-state index contributed by atoms with van der Waals surface area (Å²) in [7, 11) is 0. The maximum Gasteiger partial charge on any atom is 0.298 e. The van der Waals surface area contributed by atoms with Crippen molar-refractivity contribution in [3.05, 3.63) is 24.3 Å². The molecule has 1 aliphatic heterocycles. The molecule has 1 aromatic carbocycles. The third-order valence-corrected chi connectivity index (χ3v) is 2.19. The summed E-state index contributed by atoms with van der Waals surface area (Å²) in [6, 6.07) is 7.42. The van der Waals surface area contributed by atoms with Gasteiger partial charge in [0.1, 0.15) is 5.75 Å². The van der Waals surface area contributed by atoms with Crippen molar-refractivity contribution >= 4 is 12.2 Å². The van der Waals surface area contributed by atoms with E-state index in [9.17, 15) is 4.79 Å². The minimum atomic E-state index is 0.434. The highest BCUT2D eigenvalue weighted by Gasteiger charge is 2.10. The standard InChI is InChI=1S/C10H12N2O2/c13-8-14-10-4-2-9(3-5-10)12-7-1-6-11-12/h2-5,8,11H,1,6-7H2. The van der Waals surface area contributed by atoms with E-state index in [1.165, 1.54) is 0 Å². The van der Waals surface area contributed by atoms with Crippen LogP contribution in [0.4, 0.5) is 5.69 Å². The smallest absolute Gasteiger partial charge is 0.298 e. The van der Waals surface area contributed by atoms with E-state index in [1.54, 1.807) is 12.1 Å². The van der Waals surface area contributed by atoms with E-state index >= 15 is 0 Å². The van der Waals surface area contributed by atoms with Crippen molar-refractivity contribution in [3.63, 3.8) is 0 Å². The van der Waals surface area contributed by atoms with Crippen molar-refractivity contribution in [2.75, 3.05) is 18.1 Å². The summed E-state index contributed by atoms with van der Waals surface area (Å²) in [5.74, 6) is 0.572. The molecule has 0 aromatic heterocycles. The number of hydrogen-bond donors (Lipinski definition) is 1. The fraction of sp³-hybridized carbons (Fsp3) is 0.300. The van der Waals surface area contributed by atoms with Gasteiger partial charge in [0.25, 0.3) is 6.47 Å². The lowest BCUT2D eigenvalue weighted by Gasteiger charge is -2.17. The van der Waals surface area contributed by atoms with Crippen LogP contribution in [-0.4, -0.2) is 19.6 Å². The first-order chi connectivity index (χ1) is 6.90. The number of hydrazine groups is 1. The normalized spacial score (nSPS) is 15.6. The second-order valence-corrected chi connectivity index (χ2v) is 3.12. The lowest BCUT2D eigenvalue weighted by Crippen LogP contribution is -2.30. The minimum Gasteiger partial charge on any atom is -0.429 e. The van der Waals surface area contributed by atoms with Crippen LogP contribution in [0.5, 0.6) is 5.75 Å². The second kappa shape index (κ2) is 4.11. The maximum absolute atomic E-state index is 10.1. The Morgan fingerprint density at radius 2 is 2.14 bits per heavy atom. The Labute approximate surface area is 82.4 Å². The van der Waals surface area contributed by atoms with Crippen LogP contribution in [0.15, 0.2) is 24.3 Å². The number of carbonyl (C=O) groups excluding carboxylic acids is 1. The van der Waals surface area contributed by atoms with Gasteiger partial charge in [-0.2, -0.15) is 0 Å². The van der Waals surface area contributed by atoms with E-state index in [0.717, 1.165) is 25.2 Å². The largest absolute Gasteiger partial charge is 0.429 e. The van der Waals surface area contributed by atoms with Crippen molar-refractivity contribution in [1.29, 1.82) is 0 Å². The van der Waals surface area contributed by atoms with Gasteiger partial charge >= 0.3 is 0 Å². The molecule has 1 saturated heterocycles. The van der Waals surface area contributed by atoms with Gasteiger partial charge in [-0.15, -0.1) is 0 Å². The van der Waals surface area contributed by atoms with E-state index < -0.39 is 0 Å². The van der Waals surface area contributed by atoms with Gasteiger partial charge in [-0.25, -0.2) is 5.43 Å². The van der Waals surface area contributed by atoms with E-state index in [-0.39, 0.29) is 0 Å². The average Bonchev–Trinajstić information content (AvgIpc) is 2.72. The van der Waals surface area contributed by atoms with Gasteiger partial charge in [-0.1, -0.05) is 0 Å². The quantitative estimate of drug-likeness (QED) is 0.723. The van der Waals surface area contributed by atoms with Crippen molar-refractivity contribution < 1.29 is 9.53 Å². The number of rotatable bonds is 3. The van der Waals surface area contributed by atoms with E-state index in [1.807, 2.05) is 12.1 Å². The molecule has 0 radical (unpaired) electrons. The van der Waals surface area contributed by atoms with Gasteiger partial charge in [-0.05, 0) is 30.7 Å². The monoisotopic (exact) mass is 192 g/mol. The van der Waals surface area contributed by atoms with Crippen LogP contribution < -0.4 is 15.2 Å². The van der Waals surface area contributed by atoms with Gasteiger partial charge < -0.3 is 9.75 Å². The van der Waals surface area contributed by atoms with Crippen LogP contribution in [0, 0.1) is 0 Å². The third-order valence-electron chi connectivity index (χ3n) is 2.19. The Morgan fingerprint density at radius 1 is 1.36 bits per heavy atom. The summed E-state index contributed by atoms with van der Waals surface area (Å²) in [6.07, 6.45) is 1.16. The maximum atomic E-state index is 10.1. The molecule has 4 nitrogen and oxygen atoms in total. The van der Waals surface area contributed by atoms with Crippen molar-refractivity contribution in [1.82, 2.24) is 5.43 Å². The number of anilines is 1. The Bertz CT molecular complexity index is 304. The molecular weight excluding hydrogens is 180 g/mol. The number of ether oxygens (including phenoxy) is 1. The molecule has 0 unspecified atom stereocenters. The summed E-state index contributed by atoms with van der Waals surface area (Å²) in [5, 5.41) is 2.09. The van der Waals surface area contributed by atoms with Crippen LogP contribution in [0.1, 0.15) is 6.42 Å². The predicted molar refractivity (Wildman–Crippen MR) is 53.1 cm³/mol. The highest BCUT2D eigenvalue weighted by molar-refractivity contribution is 5.51. The Hall–Kier alpha value is -1.55. The fourth-order valence-corrected chi connectivity index (χ4v) is 1.51. The molecule has 0 atom stereocenters. The molecule has 1 aliphatic rings. The fourth-order valence-electron chi connectivity index (χ4n) is 1.51. The van der Waals surface area contributed by atoms with Crippen molar-refractivity contribution in [2.24, 2.45) is 0 Å². The molecule has 1 N–H and O–H groups in total. The zero-order valence-corrected chi connectivity index (χ0v) is 7.77. The van der Waals surface area contributed by atoms with Crippen LogP contribution in [0.25, 0.3) is 0 Å². The molecular formula is C10H12N2O2. The van der Waals surface area contributed by atoms with Crippen LogP contribution >= 0.6 is 0 Å². The third kappa shape index (κ3) is 1.85. The van der Waals surface area contributed by atoms with Crippen LogP contribution in [0.3, 0.4) is 0 Å². The second-order valence-electron chi connectivity index (χ2n) is 3.12. The van der Waals surface area contributed by atoms with Gasteiger partial charge in [0.15, 0.2) is 0 Å². The van der Waals surface area contributed by atoms with Gasteiger partial charge in [-0.3, -0.25) is 4.79 Å². The highest BCUT2D eigenvalue weighted by Crippen LogP contribution is 2.19. The van der Waals surface area contributed by atoms with Crippen molar-refractivity contribution in [2.45, 2.75) is 6.42 Å². The Morgan fingerprint density at radius 3 is 2.71 bits per heavy atom. The SMILES string of the molecule is O=COc1ccc(N2CCCN2)cc1. The summed E-state index contributed by atoms with van der Waals surface area (Å²) in [4.78, 5) is 10.1. The molecule has 1 aromatic rings. The predicted octanol–water partition coefficient (Wildman–Crippen LogP) is 0.936. The first-order valence-corrected chi connectivity index (χ1v) is 4.61. The number of nitrogens with zero attached hydrogens (tertiary/aromatic N) is 1. The molecule has 0 spiro atoms. The number of carbonyl (C=O) groups is 1. The number of benzene rings is 1. The zero-order chi connectivity index (χ0) is 9.80. The first-order valence-electron chi connectivity index (χ1n) is 4.61. The summed E-state index contributed by atoms with van der Waals surface area (Å²) in [5.41, 5.74) is 4.35. The van der Waals surface area contributed by atoms with Gasteiger partial charge in [0.05, 0.1) is 5.69 Å². The minimum absolute atomic E-state index is 0.434.